The maximum Gasteiger partial charge on any atom is 0.272 e. The summed E-state index contributed by atoms with van der Waals surface area (Å²) in [6, 6.07) is 3.90. The summed E-state index contributed by atoms with van der Waals surface area (Å²) in [7, 11) is 0. The second kappa shape index (κ2) is 7.80. The van der Waals surface area contributed by atoms with Gasteiger partial charge >= 0.3 is 0 Å². The molecule has 1 aromatic heterocycles. The lowest BCUT2D eigenvalue weighted by molar-refractivity contribution is 0.0602. The number of aliphatic hydroxyl groups excluding tert-OH is 1. The van der Waals surface area contributed by atoms with Crippen molar-refractivity contribution in [1.29, 1.82) is 0 Å². The predicted octanol–water partition coefficient (Wildman–Crippen LogP) is 2.22. The molecule has 0 bridgehead atoms. The van der Waals surface area contributed by atoms with Crippen LogP contribution in [0.3, 0.4) is 0 Å². The molecule has 1 aromatic rings. The molecule has 1 aliphatic heterocycles. The molecule has 1 fully saturated rings. The molecule has 4 heteroatoms. The van der Waals surface area contributed by atoms with Crippen LogP contribution in [0.15, 0.2) is 18.3 Å². The minimum Gasteiger partial charge on any atom is -0.395 e. The highest BCUT2D eigenvalue weighted by Gasteiger charge is 2.26. The number of aromatic nitrogens is 1. The minimum absolute atomic E-state index is 0.0245. The number of amides is 1. The predicted molar refractivity (Wildman–Crippen MR) is 81.8 cm³/mol. The monoisotopic (exact) mass is 286 g/mol. The van der Waals surface area contributed by atoms with Gasteiger partial charge in [-0.2, -0.15) is 0 Å². The Hall–Kier alpha value is -1.86. The van der Waals surface area contributed by atoms with Crippen LogP contribution in [0.5, 0.6) is 0 Å². The highest BCUT2D eigenvalue weighted by Crippen LogP contribution is 2.21. The Kier molecular flexibility index (Phi) is 5.77. The summed E-state index contributed by atoms with van der Waals surface area (Å²) in [5.41, 5.74) is 1.26. The van der Waals surface area contributed by atoms with Crippen LogP contribution in [-0.4, -0.2) is 40.1 Å². The van der Waals surface area contributed by atoms with Crippen LogP contribution in [0.25, 0.3) is 0 Å². The fourth-order valence-electron chi connectivity index (χ4n) is 2.65. The molecule has 4 nitrogen and oxygen atoms in total. The summed E-state index contributed by atoms with van der Waals surface area (Å²) in [5, 5.41) is 8.69. The Morgan fingerprint density at radius 1 is 1.48 bits per heavy atom. The molecule has 0 spiro atoms. The SMILES string of the molecule is CCC1CCCCN1C(=O)c1ccc(C#CCCO)cn1. The Morgan fingerprint density at radius 2 is 2.33 bits per heavy atom. The van der Waals surface area contributed by atoms with Crippen LogP contribution in [0, 0.1) is 11.8 Å². The number of nitrogens with zero attached hydrogens (tertiary/aromatic N) is 2. The molecular weight excluding hydrogens is 264 g/mol. The van der Waals surface area contributed by atoms with Crippen molar-refractivity contribution in [3.63, 3.8) is 0 Å². The lowest BCUT2D eigenvalue weighted by atomic mass is 9.99. The van der Waals surface area contributed by atoms with Crippen LogP contribution in [0.1, 0.15) is 55.1 Å². The quantitative estimate of drug-likeness (QED) is 0.867. The van der Waals surface area contributed by atoms with E-state index in [1.54, 1.807) is 12.3 Å². The van der Waals surface area contributed by atoms with E-state index in [0.717, 1.165) is 31.4 Å². The normalized spacial score (nSPS) is 18.0. The zero-order valence-electron chi connectivity index (χ0n) is 12.5. The highest BCUT2D eigenvalue weighted by atomic mass is 16.2. The maximum atomic E-state index is 12.5. The first-order valence-electron chi connectivity index (χ1n) is 7.63. The molecule has 112 valence electrons. The first kappa shape index (κ1) is 15.5. The smallest absolute Gasteiger partial charge is 0.272 e. The van der Waals surface area contributed by atoms with Gasteiger partial charge in [0.2, 0.25) is 0 Å². The van der Waals surface area contributed by atoms with Gasteiger partial charge in [-0.25, -0.2) is 4.98 Å². The van der Waals surface area contributed by atoms with Gasteiger partial charge in [0, 0.05) is 30.8 Å². The van der Waals surface area contributed by atoms with E-state index >= 15 is 0 Å². The summed E-state index contributed by atoms with van der Waals surface area (Å²) in [6.45, 7) is 3.02. The van der Waals surface area contributed by atoms with E-state index in [-0.39, 0.29) is 12.5 Å². The average molecular weight is 286 g/mol. The molecule has 2 rings (SSSR count). The molecule has 1 atom stereocenters. The molecule has 21 heavy (non-hydrogen) atoms. The van der Waals surface area contributed by atoms with Gasteiger partial charge in [-0.05, 0) is 37.8 Å². The number of hydrogen-bond donors (Lipinski definition) is 1. The Balaban J connectivity index is 2.07. The molecule has 0 saturated carbocycles. The molecule has 0 aliphatic carbocycles. The van der Waals surface area contributed by atoms with Crippen LogP contribution in [0.4, 0.5) is 0 Å². The summed E-state index contributed by atoms with van der Waals surface area (Å²) in [4.78, 5) is 18.7. The van der Waals surface area contributed by atoms with Crippen molar-refractivity contribution in [1.82, 2.24) is 9.88 Å². The summed E-state index contributed by atoms with van der Waals surface area (Å²) >= 11 is 0. The van der Waals surface area contributed by atoms with Crippen molar-refractivity contribution in [2.75, 3.05) is 13.2 Å². The lowest BCUT2D eigenvalue weighted by Gasteiger charge is -2.35. The van der Waals surface area contributed by atoms with Gasteiger partial charge in [-0.15, -0.1) is 0 Å². The number of carbonyl (C=O) groups is 1. The van der Waals surface area contributed by atoms with E-state index in [1.807, 2.05) is 11.0 Å². The number of aliphatic hydroxyl groups is 1. The van der Waals surface area contributed by atoms with Crippen molar-refractivity contribution in [2.45, 2.75) is 45.1 Å². The number of carbonyl (C=O) groups excluding carboxylic acids is 1. The Morgan fingerprint density at radius 3 is 3.00 bits per heavy atom. The third kappa shape index (κ3) is 4.05. The first-order chi connectivity index (χ1) is 10.3. The van der Waals surface area contributed by atoms with E-state index in [9.17, 15) is 4.79 Å². The minimum atomic E-state index is 0.0245. The molecule has 0 aromatic carbocycles. The maximum absolute atomic E-state index is 12.5. The number of piperidine rings is 1. The van der Waals surface area contributed by atoms with Gasteiger partial charge in [-0.1, -0.05) is 18.8 Å². The number of hydrogen-bond acceptors (Lipinski definition) is 3. The van der Waals surface area contributed by atoms with Crippen molar-refractivity contribution >= 4 is 5.91 Å². The fraction of sp³-hybridized carbons (Fsp3) is 0.529. The molecule has 0 radical (unpaired) electrons. The van der Waals surface area contributed by atoms with E-state index in [0.29, 0.717) is 18.2 Å². The van der Waals surface area contributed by atoms with Crippen molar-refractivity contribution in [2.24, 2.45) is 0 Å². The number of likely N-dealkylation sites (tertiary alicyclic amines) is 1. The van der Waals surface area contributed by atoms with Gasteiger partial charge in [0.05, 0.1) is 6.61 Å². The van der Waals surface area contributed by atoms with Crippen molar-refractivity contribution in [3.05, 3.63) is 29.6 Å². The van der Waals surface area contributed by atoms with Crippen LogP contribution >= 0.6 is 0 Å². The molecule has 1 amide bonds. The summed E-state index contributed by atoms with van der Waals surface area (Å²) in [5.74, 6) is 5.78. The van der Waals surface area contributed by atoms with Gasteiger partial charge in [0.1, 0.15) is 5.69 Å². The van der Waals surface area contributed by atoms with Gasteiger partial charge in [0.15, 0.2) is 0 Å². The third-order valence-corrected chi connectivity index (χ3v) is 3.81. The highest BCUT2D eigenvalue weighted by molar-refractivity contribution is 5.92. The van der Waals surface area contributed by atoms with Crippen molar-refractivity contribution in [3.8, 4) is 11.8 Å². The standard InChI is InChI=1S/C17H22N2O2/c1-2-15-8-3-5-11-19(15)17(21)16-10-9-14(13-18-16)7-4-6-12-20/h9-10,13,15,20H,2-3,5-6,8,11-12H2,1H3. The molecule has 2 heterocycles. The third-order valence-electron chi connectivity index (χ3n) is 3.81. The molecular formula is C17H22N2O2. The second-order valence-corrected chi connectivity index (χ2v) is 5.26. The number of pyridine rings is 1. The van der Waals surface area contributed by atoms with Gasteiger partial charge < -0.3 is 10.0 Å². The van der Waals surface area contributed by atoms with Gasteiger partial charge in [-0.3, -0.25) is 4.79 Å². The molecule has 1 N–H and O–H groups in total. The van der Waals surface area contributed by atoms with E-state index in [1.165, 1.54) is 6.42 Å². The fourth-order valence-corrected chi connectivity index (χ4v) is 2.65. The van der Waals surface area contributed by atoms with Crippen LogP contribution in [0.2, 0.25) is 0 Å². The van der Waals surface area contributed by atoms with Crippen LogP contribution < -0.4 is 0 Å². The summed E-state index contributed by atoms with van der Waals surface area (Å²) in [6.07, 6.45) is 6.45. The van der Waals surface area contributed by atoms with E-state index < -0.39 is 0 Å². The topological polar surface area (TPSA) is 53.4 Å². The van der Waals surface area contributed by atoms with E-state index in [4.69, 9.17) is 5.11 Å². The molecule has 1 unspecified atom stereocenters. The lowest BCUT2D eigenvalue weighted by Crippen LogP contribution is -2.43. The van der Waals surface area contributed by atoms with Crippen LogP contribution in [-0.2, 0) is 0 Å². The zero-order valence-corrected chi connectivity index (χ0v) is 12.5. The molecule has 1 aliphatic rings. The average Bonchev–Trinajstić information content (AvgIpc) is 2.55. The second-order valence-electron chi connectivity index (χ2n) is 5.26. The number of rotatable bonds is 3. The first-order valence-corrected chi connectivity index (χ1v) is 7.63. The Labute approximate surface area is 126 Å². The van der Waals surface area contributed by atoms with E-state index in [2.05, 4.69) is 23.7 Å². The zero-order chi connectivity index (χ0) is 15.1. The summed E-state index contributed by atoms with van der Waals surface area (Å²) < 4.78 is 0. The molecule has 1 saturated heterocycles. The van der Waals surface area contributed by atoms with Crippen molar-refractivity contribution < 1.29 is 9.90 Å². The Bertz CT molecular complexity index is 528. The largest absolute Gasteiger partial charge is 0.395 e. The van der Waals surface area contributed by atoms with Gasteiger partial charge in [0.25, 0.3) is 5.91 Å².